The zero-order valence-corrected chi connectivity index (χ0v) is 19.4. The van der Waals surface area contributed by atoms with E-state index in [9.17, 15) is 29.4 Å². The molecule has 1 aromatic carbocycles. The number of carboxylic acid groups (broad SMARTS) is 1. The first-order chi connectivity index (χ1) is 16.5. The molecule has 192 valence electrons. The predicted octanol–water partition coefficient (Wildman–Crippen LogP) is -2.29. The molecule has 0 aliphatic carbocycles. The van der Waals surface area contributed by atoms with Crippen molar-refractivity contribution in [3.05, 3.63) is 23.3 Å². The van der Waals surface area contributed by atoms with Crippen LogP contribution in [0.15, 0.2) is 12.1 Å². The van der Waals surface area contributed by atoms with Gasteiger partial charge in [-0.15, -0.1) is 0 Å². The Bertz CT molecular complexity index is 938. The number of aryl methyl sites for hydroxylation is 1. The van der Waals surface area contributed by atoms with Crippen LogP contribution in [0, 0.1) is 0 Å². The normalized spacial score (nSPS) is 14.5. The summed E-state index contributed by atoms with van der Waals surface area (Å²) in [5.74, 6) is -2.95. The first-order valence-corrected chi connectivity index (χ1v) is 11.1. The molecule has 0 spiro atoms. The summed E-state index contributed by atoms with van der Waals surface area (Å²) >= 11 is 0. The molecule has 1 fully saturated rings. The number of carbonyl (C=O) groups is 4. The molecule has 13 nitrogen and oxygen atoms in total. The summed E-state index contributed by atoms with van der Waals surface area (Å²) in [6, 6.07) is 2.06. The number of phenols is 1. The van der Waals surface area contributed by atoms with Gasteiger partial charge in [-0.2, -0.15) is 0 Å². The highest BCUT2D eigenvalue weighted by Gasteiger charge is 2.32. The Morgan fingerprint density at radius 3 is 2.46 bits per heavy atom. The summed E-state index contributed by atoms with van der Waals surface area (Å²) in [7, 11) is -1.58. The quantitative estimate of drug-likeness (QED) is 0.0831. The zero-order valence-electron chi connectivity index (χ0n) is 19.4. The van der Waals surface area contributed by atoms with Gasteiger partial charge >= 0.3 is 13.1 Å². The van der Waals surface area contributed by atoms with Gasteiger partial charge in [-0.05, 0) is 31.3 Å². The van der Waals surface area contributed by atoms with E-state index >= 15 is 0 Å². The zero-order chi connectivity index (χ0) is 26.1. The minimum absolute atomic E-state index is 0.0122. The molecule has 1 aliphatic heterocycles. The van der Waals surface area contributed by atoms with Gasteiger partial charge in [0.1, 0.15) is 28.9 Å². The second-order valence-corrected chi connectivity index (χ2v) is 8.36. The Hall–Kier alpha value is -3.20. The number of carbonyl (C=O) groups excluding carboxylic acids is 3. The van der Waals surface area contributed by atoms with Gasteiger partial charge in [0.25, 0.3) is 0 Å². The van der Waals surface area contributed by atoms with E-state index in [-0.39, 0.29) is 62.0 Å². The Morgan fingerprint density at radius 1 is 1.20 bits per heavy atom. The molecule has 0 radical (unpaired) electrons. The summed E-state index contributed by atoms with van der Waals surface area (Å²) in [6.45, 7) is 2.66. The number of benzene rings is 1. The van der Waals surface area contributed by atoms with Crippen LogP contribution in [0.5, 0.6) is 11.5 Å². The molecule has 1 aromatic rings. The second kappa shape index (κ2) is 13.0. The lowest BCUT2D eigenvalue weighted by Gasteiger charge is -2.40. The van der Waals surface area contributed by atoms with E-state index in [2.05, 4.69) is 10.6 Å². The fourth-order valence-corrected chi connectivity index (χ4v) is 3.50. The van der Waals surface area contributed by atoms with Crippen molar-refractivity contribution in [3.63, 3.8) is 0 Å². The first kappa shape index (κ1) is 28.0. The Balaban J connectivity index is 1.78. The van der Waals surface area contributed by atoms with Crippen LogP contribution in [0.25, 0.3) is 0 Å². The molecular formula is C21H31BN4O9. The van der Waals surface area contributed by atoms with Crippen LogP contribution in [-0.4, -0.2) is 101 Å². The maximum atomic E-state index is 12.1. The standard InChI is InChI=1S/C21H31BN4O9/c1-12(27)8-17(28)24-6-7-25-20(30)15(23)11-26-9-14(10-26)35-16-3-2-13(4-5-22(33)34)19(29)18(16)21(31)32/h2-3,14-15,29,33-34H,4-11,23H2,1H3,(H,24,28)(H,25,30)(H,31,32). The molecule has 0 aromatic heterocycles. The van der Waals surface area contributed by atoms with Crippen molar-refractivity contribution in [1.29, 1.82) is 0 Å². The topological polar surface area (TPSA) is 212 Å². The van der Waals surface area contributed by atoms with E-state index in [1.54, 1.807) is 0 Å². The highest BCUT2D eigenvalue weighted by molar-refractivity contribution is 6.41. The Kier molecular flexibility index (Phi) is 10.5. The highest BCUT2D eigenvalue weighted by atomic mass is 16.5. The SMILES string of the molecule is CC(=O)CC(=O)NCCNC(=O)C(N)CN1CC(Oc2ccc(CCB(O)O)c(O)c2C(=O)O)C1. The minimum atomic E-state index is -1.58. The van der Waals surface area contributed by atoms with Crippen LogP contribution < -0.4 is 21.1 Å². The third kappa shape index (κ3) is 8.83. The largest absolute Gasteiger partial charge is 0.507 e. The van der Waals surface area contributed by atoms with Gasteiger partial charge in [-0.1, -0.05) is 6.07 Å². The molecule has 1 heterocycles. The first-order valence-electron chi connectivity index (χ1n) is 11.1. The van der Waals surface area contributed by atoms with Crippen molar-refractivity contribution in [3.8, 4) is 11.5 Å². The van der Waals surface area contributed by atoms with Gasteiger partial charge in [-0.25, -0.2) is 4.79 Å². The minimum Gasteiger partial charge on any atom is -0.507 e. The fourth-order valence-electron chi connectivity index (χ4n) is 3.50. The Morgan fingerprint density at radius 2 is 1.86 bits per heavy atom. The lowest BCUT2D eigenvalue weighted by atomic mass is 9.82. The van der Waals surface area contributed by atoms with Crippen molar-refractivity contribution in [2.45, 2.75) is 38.2 Å². The molecule has 0 bridgehead atoms. The van der Waals surface area contributed by atoms with Gasteiger partial charge in [0, 0.05) is 32.7 Å². The molecular weight excluding hydrogens is 463 g/mol. The molecule has 1 aliphatic rings. The van der Waals surface area contributed by atoms with Crippen LogP contribution in [0.4, 0.5) is 0 Å². The molecule has 14 heteroatoms. The van der Waals surface area contributed by atoms with Crippen molar-refractivity contribution < 1.29 is 44.2 Å². The molecule has 35 heavy (non-hydrogen) atoms. The number of aromatic hydroxyl groups is 1. The number of nitrogens with zero attached hydrogens (tertiary/aromatic N) is 1. The van der Waals surface area contributed by atoms with Gasteiger partial charge in [0.15, 0.2) is 0 Å². The third-order valence-electron chi connectivity index (χ3n) is 5.27. The number of hydrogen-bond donors (Lipinski definition) is 7. The number of amides is 2. The maximum absolute atomic E-state index is 12.1. The molecule has 1 unspecified atom stereocenters. The summed E-state index contributed by atoms with van der Waals surface area (Å²) in [5, 5.41) is 42.9. The van der Waals surface area contributed by atoms with Gasteiger partial charge < -0.3 is 41.4 Å². The second-order valence-electron chi connectivity index (χ2n) is 8.36. The number of Topliss-reactive ketones (excluding diaryl/α,β-unsaturated/α-hetero) is 1. The number of rotatable bonds is 14. The van der Waals surface area contributed by atoms with Crippen molar-refractivity contribution in [1.82, 2.24) is 15.5 Å². The number of carboxylic acids is 1. The Labute approximate surface area is 202 Å². The van der Waals surface area contributed by atoms with Crippen LogP contribution in [0.1, 0.15) is 29.3 Å². The number of likely N-dealkylation sites (tertiary alicyclic amines) is 1. The smallest absolute Gasteiger partial charge is 0.451 e. The highest BCUT2D eigenvalue weighted by Crippen LogP contribution is 2.33. The average Bonchev–Trinajstić information content (AvgIpc) is 2.73. The van der Waals surface area contributed by atoms with Crippen LogP contribution >= 0.6 is 0 Å². The molecule has 0 saturated carbocycles. The molecule has 2 rings (SSSR count). The number of nitrogens with two attached hydrogens (primary N) is 1. The summed E-state index contributed by atoms with van der Waals surface area (Å²) in [4.78, 5) is 47.8. The lowest BCUT2D eigenvalue weighted by molar-refractivity contribution is -0.128. The summed E-state index contributed by atoms with van der Waals surface area (Å²) in [6.07, 6.45) is -0.569. The van der Waals surface area contributed by atoms with E-state index in [0.717, 1.165) is 0 Å². The molecule has 1 saturated heterocycles. The van der Waals surface area contributed by atoms with Gasteiger partial charge in [0.05, 0.1) is 12.5 Å². The number of nitrogens with one attached hydrogen (secondary N) is 2. The van der Waals surface area contributed by atoms with Crippen molar-refractivity contribution >= 4 is 30.7 Å². The van der Waals surface area contributed by atoms with E-state index in [0.29, 0.717) is 13.1 Å². The van der Waals surface area contributed by atoms with Crippen LogP contribution in [0.3, 0.4) is 0 Å². The van der Waals surface area contributed by atoms with Crippen LogP contribution in [0.2, 0.25) is 6.32 Å². The van der Waals surface area contributed by atoms with Gasteiger partial charge in [-0.3, -0.25) is 19.3 Å². The molecule has 2 amide bonds. The monoisotopic (exact) mass is 494 g/mol. The number of ketones is 1. The van der Waals surface area contributed by atoms with E-state index < -0.39 is 42.3 Å². The summed E-state index contributed by atoms with van der Waals surface area (Å²) in [5.41, 5.74) is 5.77. The number of aromatic carboxylic acids is 1. The fraction of sp³-hybridized carbons (Fsp3) is 0.524. The van der Waals surface area contributed by atoms with E-state index in [4.69, 9.17) is 20.5 Å². The lowest BCUT2D eigenvalue weighted by Crippen LogP contribution is -2.59. The number of ether oxygens (including phenoxy) is 1. The molecule has 8 N–H and O–H groups in total. The summed E-state index contributed by atoms with van der Waals surface area (Å²) < 4.78 is 5.72. The predicted molar refractivity (Wildman–Crippen MR) is 124 cm³/mol. The maximum Gasteiger partial charge on any atom is 0.451 e. The van der Waals surface area contributed by atoms with Crippen LogP contribution in [-0.2, 0) is 20.8 Å². The van der Waals surface area contributed by atoms with E-state index in [1.807, 2.05) is 4.90 Å². The molecule has 1 atom stereocenters. The third-order valence-corrected chi connectivity index (χ3v) is 5.27. The number of hydrogen-bond acceptors (Lipinski definition) is 10. The van der Waals surface area contributed by atoms with E-state index in [1.165, 1.54) is 19.1 Å². The van der Waals surface area contributed by atoms with Crippen molar-refractivity contribution in [2.75, 3.05) is 32.7 Å². The average molecular weight is 494 g/mol. The van der Waals surface area contributed by atoms with Crippen molar-refractivity contribution in [2.24, 2.45) is 5.73 Å². The van der Waals surface area contributed by atoms with Gasteiger partial charge in [0.2, 0.25) is 11.8 Å².